The summed E-state index contributed by atoms with van der Waals surface area (Å²) in [5.41, 5.74) is 0.299. The highest BCUT2D eigenvalue weighted by Gasteiger charge is 2.53. The first kappa shape index (κ1) is 6.58. The molecule has 1 aliphatic carbocycles. The Kier molecular flexibility index (Phi) is 1.44. The van der Waals surface area contributed by atoms with E-state index in [4.69, 9.17) is 9.99 Å². The summed E-state index contributed by atoms with van der Waals surface area (Å²) in [6.45, 7) is 1.000. The number of rotatable bonds is 3. The van der Waals surface area contributed by atoms with E-state index in [1.54, 1.807) is 0 Å². The summed E-state index contributed by atoms with van der Waals surface area (Å²) < 4.78 is 0. The molecule has 1 saturated heterocycles. The lowest BCUT2D eigenvalue weighted by Crippen LogP contribution is -2.39. The minimum Gasteiger partial charge on any atom is -0.396 e. The fraction of sp³-hybridized carbons (Fsp3) is 1.00. The Hall–Kier alpha value is -0.120. The van der Waals surface area contributed by atoms with Gasteiger partial charge in [-0.25, -0.2) is 9.78 Å². The molecule has 2 fully saturated rings. The van der Waals surface area contributed by atoms with Crippen molar-refractivity contribution in [1.29, 1.82) is 0 Å². The SMILES string of the molecule is OCCC1(C2COO2)CC1. The maximum atomic E-state index is 8.71. The van der Waals surface area contributed by atoms with E-state index < -0.39 is 0 Å². The molecule has 0 aromatic carbocycles. The average molecular weight is 144 g/mol. The van der Waals surface area contributed by atoms with Crippen molar-refractivity contribution < 1.29 is 14.9 Å². The maximum absolute atomic E-state index is 8.71. The molecule has 0 aromatic heterocycles. The van der Waals surface area contributed by atoms with Gasteiger partial charge in [0, 0.05) is 12.0 Å². The van der Waals surface area contributed by atoms with Crippen molar-refractivity contribution in [3.05, 3.63) is 0 Å². The van der Waals surface area contributed by atoms with E-state index in [1.165, 1.54) is 12.8 Å². The van der Waals surface area contributed by atoms with Crippen LogP contribution in [-0.2, 0) is 9.78 Å². The third-order valence-electron chi connectivity index (χ3n) is 2.59. The molecule has 1 saturated carbocycles. The Morgan fingerprint density at radius 1 is 1.50 bits per heavy atom. The van der Waals surface area contributed by atoms with Crippen molar-refractivity contribution in [3.8, 4) is 0 Å². The molecule has 2 aliphatic rings. The second-order valence-electron chi connectivity index (χ2n) is 3.21. The Morgan fingerprint density at radius 2 is 2.20 bits per heavy atom. The van der Waals surface area contributed by atoms with Crippen LogP contribution in [0.2, 0.25) is 0 Å². The normalized spacial score (nSPS) is 35.1. The van der Waals surface area contributed by atoms with E-state index in [9.17, 15) is 0 Å². The van der Waals surface area contributed by atoms with Crippen LogP contribution in [0.4, 0.5) is 0 Å². The molecule has 0 spiro atoms. The molecule has 1 unspecified atom stereocenters. The Balaban J connectivity index is 1.87. The summed E-state index contributed by atoms with van der Waals surface area (Å²) in [6.07, 6.45) is 3.55. The molecule has 58 valence electrons. The van der Waals surface area contributed by atoms with Crippen molar-refractivity contribution in [1.82, 2.24) is 0 Å². The first-order valence-corrected chi connectivity index (χ1v) is 3.76. The van der Waals surface area contributed by atoms with Gasteiger partial charge in [-0.1, -0.05) is 0 Å². The van der Waals surface area contributed by atoms with Gasteiger partial charge < -0.3 is 5.11 Å². The van der Waals surface area contributed by atoms with E-state index in [0.29, 0.717) is 5.41 Å². The van der Waals surface area contributed by atoms with Crippen LogP contribution < -0.4 is 0 Å². The minimum absolute atomic E-state index is 0.277. The Morgan fingerprint density at radius 3 is 2.50 bits per heavy atom. The highest BCUT2D eigenvalue weighted by molar-refractivity contribution is 5.00. The lowest BCUT2D eigenvalue weighted by molar-refractivity contribution is -0.438. The summed E-state index contributed by atoms with van der Waals surface area (Å²) in [6, 6.07) is 0. The highest BCUT2D eigenvalue weighted by atomic mass is 17.2. The van der Waals surface area contributed by atoms with Gasteiger partial charge in [0.05, 0.1) is 0 Å². The number of hydrogen-bond donors (Lipinski definition) is 1. The molecule has 0 radical (unpaired) electrons. The van der Waals surface area contributed by atoms with Crippen LogP contribution in [0.5, 0.6) is 0 Å². The first-order chi connectivity index (χ1) is 4.87. The molecule has 1 atom stereocenters. The summed E-state index contributed by atoms with van der Waals surface area (Å²) >= 11 is 0. The molecule has 0 aromatic rings. The van der Waals surface area contributed by atoms with Gasteiger partial charge in [0.25, 0.3) is 0 Å². The topological polar surface area (TPSA) is 38.7 Å². The second kappa shape index (κ2) is 2.19. The number of aliphatic hydroxyl groups excluding tert-OH is 1. The summed E-state index contributed by atoms with van der Waals surface area (Å²) in [5, 5.41) is 8.71. The van der Waals surface area contributed by atoms with E-state index in [0.717, 1.165) is 13.0 Å². The zero-order chi connectivity index (χ0) is 7.03. The molecule has 3 heteroatoms. The zero-order valence-electron chi connectivity index (χ0n) is 5.88. The monoisotopic (exact) mass is 144 g/mol. The summed E-state index contributed by atoms with van der Waals surface area (Å²) in [5.74, 6) is 0. The molecule has 10 heavy (non-hydrogen) atoms. The van der Waals surface area contributed by atoms with Crippen LogP contribution in [-0.4, -0.2) is 24.4 Å². The van der Waals surface area contributed by atoms with E-state index in [-0.39, 0.29) is 12.7 Å². The van der Waals surface area contributed by atoms with Gasteiger partial charge in [-0.05, 0) is 19.3 Å². The van der Waals surface area contributed by atoms with Gasteiger partial charge in [-0.3, -0.25) is 0 Å². The molecule has 1 heterocycles. The van der Waals surface area contributed by atoms with Gasteiger partial charge in [0.1, 0.15) is 12.7 Å². The van der Waals surface area contributed by atoms with Gasteiger partial charge in [0.15, 0.2) is 0 Å². The van der Waals surface area contributed by atoms with Gasteiger partial charge >= 0.3 is 0 Å². The van der Waals surface area contributed by atoms with Crippen LogP contribution >= 0.6 is 0 Å². The van der Waals surface area contributed by atoms with Gasteiger partial charge in [0.2, 0.25) is 0 Å². The summed E-state index contributed by atoms with van der Waals surface area (Å²) in [4.78, 5) is 9.53. The molecule has 1 aliphatic heterocycles. The van der Waals surface area contributed by atoms with Crippen LogP contribution in [0, 0.1) is 5.41 Å². The Labute approximate surface area is 59.9 Å². The highest BCUT2D eigenvalue weighted by Crippen LogP contribution is 2.54. The molecule has 0 amide bonds. The molecule has 1 N–H and O–H groups in total. The van der Waals surface area contributed by atoms with E-state index in [2.05, 4.69) is 4.89 Å². The van der Waals surface area contributed by atoms with Crippen LogP contribution in [0.15, 0.2) is 0 Å². The summed E-state index contributed by atoms with van der Waals surface area (Å²) in [7, 11) is 0. The average Bonchev–Trinajstić information content (AvgIpc) is 2.44. The predicted molar refractivity (Wildman–Crippen MR) is 34.2 cm³/mol. The van der Waals surface area contributed by atoms with Crippen LogP contribution in [0.1, 0.15) is 19.3 Å². The van der Waals surface area contributed by atoms with Crippen molar-refractivity contribution in [2.45, 2.75) is 25.4 Å². The van der Waals surface area contributed by atoms with E-state index in [1.807, 2.05) is 0 Å². The van der Waals surface area contributed by atoms with E-state index >= 15 is 0 Å². The predicted octanol–water partition coefficient (Wildman–Crippen LogP) is 0.479. The fourth-order valence-electron chi connectivity index (χ4n) is 1.53. The third kappa shape index (κ3) is 0.856. The van der Waals surface area contributed by atoms with Crippen molar-refractivity contribution in [2.24, 2.45) is 5.41 Å². The number of hydrogen-bond acceptors (Lipinski definition) is 3. The molecule has 3 nitrogen and oxygen atoms in total. The zero-order valence-corrected chi connectivity index (χ0v) is 5.88. The third-order valence-corrected chi connectivity index (χ3v) is 2.59. The standard InChI is InChI=1S/C7H12O3/c8-4-3-7(1-2-7)6-5-9-10-6/h6,8H,1-5H2. The van der Waals surface area contributed by atoms with Crippen molar-refractivity contribution in [2.75, 3.05) is 13.2 Å². The van der Waals surface area contributed by atoms with Crippen molar-refractivity contribution >= 4 is 0 Å². The lowest BCUT2D eigenvalue weighted by Gasteiger charge is -2.31. The fourth-order valence-corrected chi connectivity index (χ4v) is 1.53. The van der Waals surface area contributed by atoms with Gasteiger partial charge in [-0.15, -0.1) is 0 Å². The Bertz CT molecular complexity index is 127. The second-order valence-corrected chi connectivity index (χ2v) is 3.21. The molecule has 2 rings (SSSR count). The first-order valence-electron chi connectivity index (χ1n) is 3.76. The quantitative estimate of drug-likeness (QED) is 0.585. The van der Waals surface area contributed by atoms with Crippen molar-refractivity contribution in [3.63, 3.8) is 0 Å². The maximum Gasteiger partial charge on any atom is 0.125 e. The molecule has 0 bridgehead atoms. The molecular formula is C7H12O3. The number of aliphatic hydroxyl groups is 1. The van der Waals surface area contributed by atoms with Gasteiger partial charge in [-0.2, -0.15) is 0 Å². The smallest absolute Gasteiger partial charge is 0.125 e. The van der Waals surface area contributed by atoms with Crippen LogP contribution in [0.25, 0.3) is 0 Å². The molecular weight excluding hydrogens is 132 g/mol. The largest absolute Gasteiger partial charge is 0.396 e. The minimum atomic E-state index is 0.277. The van der Waals surface area contributed by atoms with Crippen LogP contribution in [0.3, 0.4) is 0 Å². The lowest BCUT2D eigenvalue weighted by atomic mass is 9.95.